The van der Waals surface area contributed by atoms with Gasteiger partial charge in [0.1, 0.15) is 34.6 Å². The number of hydrogen-bond donors (Lipinski definition) is 4. The normalized spacial score (nSPS) is 41.8. The van der Waals surface area contributed by atoms with Crippen LogP contribution in [0.2, 0.25) is 0 Å². The summed E-state index contributed by atoms with van der Waals surface area (Å²) >= 11 is 0.0913. The molecule has 0 radical (unpaired) electrons. The zero-order valence-electron chi connectivity index (χ0n) is 15.3. The molecule has 6 nitrogen and oxygen atoms in total. The van der Waals surface area contributed by atoms with Crippen molar-refractivity contribution >= 4 is 23.1 Å². The fraction of sp³-hybridized carbons (Fsp3) is 0.882. The van der Waals surface area contributed by atoms with Gasteiger partial charge in [-0.1, -0.05) is 19.1 Å². The minimum atomic E-state index is -1.35. The van der Waals surface area contributed by atoms with Crippen LogP contribution >= 0.6 is 11.8 Å². The first-order valence-electron chi connectivity index (χ1n) is 8.79. The summed E-state index contributed by atoms with van der Waals surface area (Å²) in [7, 11) is 0. The summed E-state index contributed by atoms with van der Waals surface area (Å²) in [6.45, 7) is 7.59. The van der Waals surface area contributed by atoms with E-state index >= 15 is 0 Å². The second-order valence-electron chi connectivity index (χ2n) is 7.77. The lowest BCUT2D eigenvalue weighted by atomic mass is 9.88. The highest BCUT2D eigenvalue weighted by atomic mass is 32.2. The van der Waals surface area contributed by atoms with Crippen LogP contribution in [0.1, 0.15) is 40.5 Å². The Kier molecular flexibility index (Phi) is 7.68. The predicted molar refractivity (Wildman–Crippen MR) is 101 cm³/mol. The number of aliphatic hydroxyl groups is 3. The topological polar surface area (TPSA) is 105 Å². The van der Waals surface area contributed by atoms with Gasteiger partial charge in [0.05, 0.1) is 6.04 Å². The second kappa shape index (κ2) is 8.93. The summed E-state index contributed by atoms with van der Waals surface area (Å²) in [6.07, 6.45) is 1.53. The average molecular weight is 394 g/mol. The van der Waals surface area contributed by atoms with Gasteiger partial charge in [0.25, 0.3) is 0 Å². The van der Waals surface area contributed by atoms with Crippen molar-refractivity contribution in [3.63, 3.8) is 0 Å². The Balaban J connectivity index is 2.30. The lowest BCUT2D eigenvalue weighted by Gasteiger charge is -2.44. The van der Waals surface area contributed by atoms with Gasteiger partial charge < -0.3 is 24.6 Å². The Morgan fingerprint density at radius 3 is 2.52 bits per heavy atom. The van der Waals surface area contributed by atoms with Crippen LogP contribution in [-0.2, 0) is 16.1 Å². The molecule has 0 aliphatic carbocycles. The molecule has 1 fully saturated rings. The van der Waals surface area contributed by atoms with Crippen LogP contribution < -0.4 is 4.72 Å². The van der Waals surface area contributed by atoms with Crippen LogP contribution in [-0.4, -0.2) is 66.3 Å². The monoisotopic (exact) mass is 393 g/mol. The Labute approximate surface area is 157 Å². The van der Waals surface area contributed by atoms with E-state index in [0.717, 1.165) is 18.6 Å². The highest BCUT2D eigenvalue weighted by Crippen LogP contribution is 2.33. The maximum atomic E-state index is 12.6. The van der Waals surface area contributed by atoms with Gasteiger partial charge in [-0.25, -0.2) is 0 Å². The van der Waals surface area contributed by atoms with E-state index in [1.54, 1.807) is 0 Å². The highest BCUT2D eigenvalue weighted by Gasteiger charge is 2.49. The quantitative estimate of drug-likeness (QED) is 0.409. The lowest BCUT2D eigenvalue weighted by Crippen LogP contribution is -2.64. The number of hydrogen-bond acceptors (Lipinski definition) is 7. The highest BCUT2D eigenvalue weighted by molar-refractivity contribution is 7.99. The molecule has 0 aromatic carbocycles. The van der Waals surface area contributed by atoms with Gasteiger partial charge in [-0.15, -0.1) is 16.5 Å². The Hall–Kier alpha value is 0.200. The van der Waals surface area contributed by atoms with E-state index in [1.807, 2.05) is 33.8 Å². The summed E-state index contributed by atoms with van der Waals surface area (Å²) in [5.74, 6) is 0.735. The maximum Gasteiger partial charge on any atom is 0.136 e. The molecule has 8 atom stereocenters. The molecule has 2 heterocycles. The van der Waals surface area contributed by atoms with E-state index in [0.29, 0.717) is 0 Å². The van der Waals surface area contributed by atoms with E-state index in [1.165, 1.54) is 11.8 Å². The number of thioether (sulfide) groups is 1. The molecule has 2 aliphatic rings. The van der Waals surface area contributed by atoms with Crippen molar-refractivity contribution in [3.8, 4) is 0 Å². The summed E-state index contributed by atoms with van der Waals surface area (Å²) < 4.78 is 21.2. The molecule has 0 spiro atoms. The number of allylic oxidation sites excluding steroid dienone is 1. The Morgan fingerprint density at radius 2 is 1.88 bits per heavy atom. The van der Waals surface area contributed by atoms with Crippen LogP contribution in [0.25, 0.3) is 0 Å². The van der Waals surface area contributed by atoms with Gasteiger partial charge in [-0.3, -0.25) is 0 Å². The fourth-order valence-corrected chi connectivity index (χ4v) is 4.99. The first kappa shape index (κ1) is 21.5. The Morgan fingerprint density at radius 1 is 1.20 bits per heavy atom. The molecule has 25 heavy (non-hydrogen) atoms. The number of ether oxygens (including phenoxy) is 1. The largest absolute Gasteiger partial charge is 0.598 e. The molecule has 146 valence electrons. The maximum absolute atomic E-state index is 12.6. The third kappa shape index (κ3) is 5.35. The molecule has 8 heteroatoms. The molecular weight excluding hydrogens is 362 g/mol. The van der Waals surface area contributed by atoms with E-state index < -0.39 is 52.0 Å². The molecule has 0 aromatic heterocycles. The number of rotatable bonds is 2. The van der Waals surface area contributed by atoms with Gasteiger partial charge >= 0.3 is 0 Å². The van der Waals surface area contributed by atoms with E-state index in [9.17, 15) is 19.9 Å². The SMILES string of the molecule is C[C@H]1C=CCCCS[C@H]2O[C@@H]([C@H](O)[C@H](O)[C@H]2O)[C@@H]1N[S+]([O-])C(C)(C)C. The zero-order valence-corrected chi connectivity index (χ0v) is 16.9. The van der Waals surface area contributed by atoms with Gasteiger partial charge in [0.15, 0.2) is 0 Å². The first-order chi connectivity index (χ1) is 11.6. The summed E-state index contributed by atoms with van der Waals surface area (Å²) in [6, 6.07) is -0.449. The van der Waals surface area contributed by atoms with Gasteiger partial charge in [-0.05, 0) is 45.3 Å². The van der Waals surface area contributed by atoms with Crippen LogP contribution in [0.3, 0.4) is 0 Å². The molecule has 1 unspecified atom stereocenters. The second-order valence-corrected chi connectivity index (χ2v) is 11.0. The number of aliphatic hydroxyl groups excluding tert-OH is 3. The van der Waals surface area contributed by atoms with E-state index in [4.69, 9.17) is 4.74 Å². The average Bonchev–Trinajstić information content (AvgIpc) is 2.56. The van der Waals surface area contributed by atoms with Crippen molar-refractivity contribution in [2.24, 2.45) is 5.92 Å². The van der Waals surface area contributed by atoms with Crippen LogP contribution in [0, 0.1) is 5.92 Å². The van der Waals surface area contributed by atoms with Gasteiger partial charge in [-0.2, -0.15) is 0 Å². The lowest BCUT2D eigenvalue weighted by molar-refractivity contribution is -0.205. The zero-order chi connectivity index (χ0) is 18.8. The summed E-state index contributed by atoms with van der Waals surface area (Å²) in [4.78, 5) is 0. The summed E-state index contributed by atoms with van der Waals surface area (Å²) in [5, 5.41) is 31.0. The van der Waals surface area contributed by atoms with Crippen LogP contribution in [0.15, 0.2) is 12.2 Å². The van der Waals surface area contributed by atoms with Crippen molar-refractivity contribution in [2.75, 3.05) is 5.75 Å². The minimum Gasteiger partial charge on any atom is -0.598 e. The smallest absolute Gasteiger partial charge is 0.136 e. The van der Waals surface area contributed by atoms with Crippen LogP contribution in [0.4, 0.5) is 0 Å². The molecule has 2 rings (SSSR count). The van der Waals surface area contributed by atoms with Gasteiger partial charge in [0.2, 0.25) is 0 Å². The number of fused-ring (bicyclic) bond motifs is 2. The van der Waals surface area contributed by atoms with Crippen LogP contribution in [0.5, 0.6) is 0 Å². The molecule has 2 bridgehead atoms. The molecule has 2 aliphatic heterocycles. The van der Waals surface area contributed by atoms with Crippen molar-refractivity contribution < 1.29 is 24.6 Å². The standard InChI is InChI=1S/C17H31NO5S2/c1-10-8-6-5-7-9-24-16-14(21)12(19)13(20)15(23-16)11(10)18-25(22)17(2,3)4/h6,8,10-16,18-21H,5,7,9H2,1-4H3/t10-,11+,12-,13+,14+,15+,16+,25?/m0/s1. The molecule has 0 amide bonds. The van der Waals surface area contributed by atoms with E-state index in [2.05, 4.69) is 10.8 Å². The third-order valence-electron chi connectivity index (χ3n) is 4.56. The number of nitrogens with one attached hydrogen (secondary N) is 1. The van der Waals surface area contributed by atoms with Crippen molar-refractivity contribution in [1.82, 2.24) is 4.72 Å². The Bertz CT molecular complexity index is 459. The first-order valence-corrected chi connectivity index (χ1v) is 11.0. The third-order valence-corrected chi connectivity index (χ3v) is 7.40. The van der Waals surface area contributed by atoms with Crippen molar-refractivity contribution in [3.05, 3.63) is 12.2 Å². The van der Waals surface area contributed by atoms with Gasteiger partial charge in [0, 0.05) is 11.4 Å². The summed E-state index contributed by atoms with van der Waals surface area (Å²) in [5.41, 5.74) is -0.610. The molecule has 4 N–H and O–H groups in total. The molecule has 0 saturated carbocycles. The predicted octanol–water partition coefficient (Wildman–Crippen LogP) is 0.934. The molecule has 0 aromatic rings. The van der Waals surface area contributed by atoms with Crippen molar-refractivity contribution in [2.45, 2.75) is 81.2 Å². The van der Waals surface area contributed by atoms with Crippen molar-refractivity contribution in [1.29, 1.82) is 0 Å². The molecular formula is C17H31NO5S2. The minimum absolute atomic E-state index is 0.0582. The van der Waals surface area contributed by atoms with E-state index in [-0.39, 0.29) is 5.92 Å². The molecule has 1 saturated heterocycles. The fourth-order valence-electron chi connectivity index (χ4n) is 2.91.